The maximum absolute atomic E-state index is 12.6. The van der Waals surface area contributed by atoms with Crippen molar-refractivity contribution in [3.63, 3.8) is 0 Å². The lowest BCUT2D eigenvalue weighted by atomic mass is 9.95. The normalized spacial score (nSPS) is 20.0. The van der Waals surface area contributed by atoms with Gasteiger partial charge in [-0.25, -0.2) is 0 Å². The lowest BCUT2D eigenvalue weighted by molar-refractivity contribution is -0.127. The van der Waals surface area contributed by atoms with E-state index in [-0.39, 0.29) is 17.7 Å². The molecule has 1 aliphatic carbocycles. The first-order chi connectivity index (χ1) is 13.1. The molecule has 148 valence electrons. The Kier molecular flexibility index (Phi) is 7.27. The molecule has 5 heteroatoms. The van der Waals surface area contributed by atoms with Gasteiger partial charge in [-0.2, -0.15) is 0 Å². The highest BCUT2D eigenvalue weighted by Gasteiger charge is 2.27. The van der Waals surface area contributed by atoms with Gasteiger partial charge in [-0.05, 0) is 57.8 Å². The van der Waals surface area contributed by atoms with Gasteiger partial charge >= 0.3 is 0 Å². The van der Waals surface area contributed by atoms with Crippen LogP contribution in [0.5, 0.6) is 0 Å². The van der Waals surface area contributed by atoms with Crippen molar-refractivity contribution in [2.75, 3.05) is 25.0 Å². The summed E-state index contributed by atoms with van der Waals surface area (Å²) in [5.74, 6) is 0.343. The number of nitrogens with one attached hydrogen (secondary N) is 2. The third kappa shape index (κ3) is 6.35. The Morgan fingerprint density at radius 3 is 2.22 bits per heavy atom. The molecule has 0 bridgehead atoms. The van der Waals surface area contributed by atoms with Gasteiger partial charge in [0, 0.05) is 17.6 Å². The minimum Gasteiger partial charge on any atom is -0.353 e. The van der Waals surface area contributed by atoms with Gasteiger partial charge < -0.3 is 10.6 Å². The van der Waals surface area contributed by atoms with Crippen LogP contribution in [0.25, 0.3) is 0 Å². The molecule has 2 fully saturated rings. The fourth-order valence-electron chi connectivity index (χ4n) is 4.14. The maximum Gasteiger partial charge on any atom is 0.238 e. The van der Waals surface area contributed by atoms with Crippen LogP contribution in [0, 0.1) is 12.8 Å². The second-order valence-electron chi connectivity index (χ2n) is 8.16. The Bertz CT molecular complexity index is 613. The Morgan fingerprint density at radius 1 is 0.963 bits per heavy atom. The van der Waals surface area contributed by atoms with E-state index < -0.39 is 0 Å². The summed E-state index contributed by atoms with van der Waals surface area (Å²) in [6.07, 6.45) is 9.02. The molecular weight excluding hydrogens is 338 g/mol. The Hall–Kier alpha value is -1.88. The first kappa shape index (κ1) is 19.9. The number of hydrogen-bond donors (Lipinski definition) is 2. The van der Waals surface area contributed by atoms with Gasteiger partial charge in [0.1, 0.15) is 0 Å². The third-order valence-corrected chi connectivity index (χ3v) is 5.86. The minimum atomic E-state index is 0.0141. The smallest absolute Gasteiger partial charge is 0.238 e. The van der Waals surface area contributed by atoms with Gasteiger partial charge in [0.05, 0.1) is 6.54 Å². The number of likely N-dealkylation sites (tertiary alicyclic amines) is 1. The van der Waals surface area contributed by atoms with Crippen LogP contribution in [0.15, 0.2) is 24.3 Å². The fourth-order valence-corrected chi connectivity index (χ4v) is 4.14. The summed E-state index contributed by atoms with van der Waals surface area (Å²) in [6, 6.07) is 8.22. The Labute approximate surface area is 162 Å². The topological polar surface area (TPSA) is 61.4 Å². The molecule has 5 nitrogen and oxygen atoms in total. The van der Waals surface area contributed by atoms with Crippen molar-refractivity contribution in [3.8, 4) is 0 Å². The predicted molar refractivity (Wildman–Crippen MR) is 109 cm³/mol. The average Bonchev–Trinajstić information content (AvgIpc) is 2.93. The molecule has 3 rings (SSSR count). The standard InChI is InChI=1S/C22H33N3O2/c1-17-8-10-20(11-9-17)23-21(26)16-25-14-12-18(13-15-25)22(27)24-19-6-4-2-3-5-7-19/h8-11,18-19H,2-7,12-16H2,1H3,(H,23,26)(H,24,27). The van der Waals surface area contributed by atoms with Crippen molar-refractivity contribution < 1.29 is 9.59 Å². The number of rotatable bonds is 5. The monoisotopic (exact) mass is 371 g/mol. The predicted octanol–water partition coefficient (Wildman–Crippen LogP) is 3.48. The highest BCUT2D eigenvalue weighted by Crippen LogP contribution is 2.21. The molecule has 1 saturated carbocycles. The van der Waals surface area contributed by atoms with Crippen LogP contribution in [0.1, 0.15) is 56.9 Å². The average molecular weight is 372 g/mol. The van der Waals surface area contributed by atoms with Crippen LogP contribution >= 0.6 is 0 Å². The number of nitrogens with zero attached hydrogens (tertiary/aromatic N) is 1. The zero-order valence-electron chi connectivity index (χ0n) is 16.5. The van der Waals surface area contributed by atoms with E-state index in [0.717, 1.165) is 44.5 Å². The summed E-state index contributed by atoms with van der Waals surface area (Å²) in [5, 5.41) is 6.24. The van der Waals surface area contributed by atoms with E-state index >= 15 is 0 Å². The molecule has 1 aliphatic heterocycles. The van der Waals surface area contributed by atoms with E-state index in [9.17, 15) is 9.59 Å². The summed E-state index contributed by atoms with van der Waals surface area (Å²) in [7, 11) is 0. The van der Waals surface area contributed by atoms with Crippen LogP contribution in [-0.4, -0.2) is 42.4 Å². The highest BCUT2D eigenvalue weighted by molar-refractivity contribution is 5.92. The molecule has 1 aromatic carbocycles. The van der Waals surface area contributed by atoms with E-state index in [0.29, 0.717) is 12.6 Å². The van der Waals surface area contributed by atoms with Crippen molar-refractivity contribution in [2.45, 2.75) is 64.3 Å². The molecule has 0 atom stereocenters. The minimum absolute atomic E-state index is 0.0141. The molecule has 2 aliphatic rings. The number of piperidine rings is 1. The first-order valence-electron chi connectivity index (χ1n) is 10.5. The number of hydrogen-bond acceptors (Lipinski definition) is 3. The molecule has 1 heterocycles. The molecule has 0 radical (unpaired) electrons. The van der Waals surface area contributed by atoms with Crippen molar-refractivity contribution in [2.24, 2.45) is 5.92 Å². The van der Waals surface area contributed by atoms with Gasteiger partial charge in [0.25, 0.3) is 0 Å². The third-order valence-electron chi connectivity index (χ3n) is 5.86. The number of carbonyl (C=O) groups excluding carboxylic acids is 2. The number of benzene rings is 1. The molecule has 1 saturated heterocycles. The van der Waals surface area contributed by atoms with Crippen LogP contribution < -0.4 is 10.6 Å². The molecule has 2 amide bonds. The van der Waals surface area contributed by atoms with Gasteiger partial charge in [0.15, 0.2) is 0 Å². The van der Waals surface area contributed by atoms with Crippen molar-refractivity contribution in [1.82, 2.24) is 10.2 Å². The molecule has 1 aromatic rings. The number of carbonyl (C=O) groups is 2. The zero-order valence-corrected chi connectivity index (χ0v) is 16.5. The quantitative estimate of drug-likeness (QED) is 0.779. The van der Waals surface area contributed by atoms with Crippen LogP contribution in [0.4, 0.5) is 5.69 Å². The summed E-state index contributed by atoms with van der Waals surface area (Å²) in [6.45, 7) is 4.04. The van der Waals surface area contributed by atoms with Gasteiger partial charge in [-0.3, -0.25) is 14.5 Å². The van der Waals surface area contributed by atoms with E-state index in [1.807, 2.05) is 31.2 Å². The Morgan fingerprint density at radius 2 is 1.59 bits per heavy atom. The van der Waals surface area contributed by atoms with E-state index in [1.165, 1.54) is 31.2 Å². The summed E-state index contributed by atoms with van der Waals surface area (Å²) in [5.41, 5.74) is 2.01. The second-order valence-corrected chi connectivity index (χ2v) is 8.16. The van der Waals surface area contributed by atoms with Crippen LogP contribution in [0.3, 0.4) is 0 Å². The molecule has 0 aromatic heterocycles. The van der Waals surface area contributed by atoms with Crippen LogP contribution in [-0.2, 0) is 9.59 Å². The summed E-state index contributed by atoms with van der Waals surface area (Å²) < 4.78 is 0. The number of amides is 2. The molecule has 2 N–H and O–H groups in total. The summed E-state index contributed by atoms with van der Waals surface area (Å²) >= 11 is 0. The van der Waals surface area contributed by atoms with Crippen molar-refractivity contribution in [3.05, 3.63) is 29.8 Å². The lowest BCUT2D eigenvalue weighted by Gasteiger charge is -2.31. The molecule has 0 unspecified atom stereocenters. The molecular formula is C22H33N3O2. The number of anilines is 1. The van der Waals surface area contributed by atoms with Gasteiger partial charge in [-0.15, -0.1) is 0 Å². The zero-order chi connectivity index (χ0) is 19.1. The molecule has 27 heavy (non-hydrogen) atoms. The van der Waals surface area contributed by atoms with Crippen LogP contribution in [0.2, 0.25) is 0 Å². The number of aryl methyl sites for hydroxylation is 1. The largest absolute Gasteiger partial charge is 0.353 e. The van der Waals surface area contributed by atoms with Crippen molar-refractivity contribution in [1.29, 1.82) is 0 Å². The van der Waals surface area contributed by atoms with E-state index in [4.69, 9.17) is 0 Å². The molecule has 0 spiro atoms. The van der Waals surface area contributed by atoms with Crippen molar-refractivity contribution >= 4 is 17.5 Å². The highest BCUT2D eigenvalue weighted by atomic mass is 16.2. The second kappa shape index (κ2) is 9.88. The fraction of sp³-hybridized carbons (Fsp3) is 0.636. The Balaban J connectivity index is 1.38. The van der Waals surface area contributed by atoms with Gasteiger partial charge in [0.2, 0.25) is 11.8 Å². The van der Waals surface area contributed by atoms with Gasteiger partial charge in [-0.1, -0.05) is 43.4 Å². The maximum atomic E-state index is 12.6. The first-order valence-corrected chi connectivity index (χ1v) is 10.5. The SMILES string of the molecule is Cc1ccc(NC(=O)CN2CCC(C(=O)NC3CCCCCC3)CC2)cc1. The van der Waals surface area contributed by atoms with E-state index in [1.54, 1.807) is 0 Å². The summed E-state index contributed by atoms with van der Waals surface area (Å²) in [4.78, 5) is 27.0. The lowest BCUT2D eigenvalue weighted by Crippen LogP contribution is -2.45. The van der Waals surface area contributed by atoms with E-state index in [2.05, 4.69) is 15.5 Å².